The van der Waals surface area contributed by atoms with Crippen LogP contribution in [0.5, 0.6) is 0 Å². The summed E-state index contributed by atoms with van der Waals surface area (Å²) >= 11 is 0. The van der Waals surface area contributed by atoms with Gasteiger partial charge in [-0.05, 0) is 32.2 Å². The van der Waals surface area contributed by atoms with Crippen LogP contribution >= 0.6 is 0 Å². The average molecular weight is 265 g/mol. The molecule has 2 rings (SSSR count). The minimum atomic E-state index is -0.0238. The number of amides is 1. The van der Waals surface area contributed by atoms with Crippen LogP contribution < -0.4 is 5.32 Å². The van der Waals surface area contributed by atoms with Crippen LogP contribution in [0.1, 0.15) is 42.9 Å². The number of rotatable bonds is 4. The predicted octanol–water partition coefficient (Wildman–Crippen LogP) is 1.83. The molecular formula is C14H23N3O2. The fraction of sp³-hybridized carbons (Fsp3) is 0.714. The number of carbonyl (C=O) groups is 1. The second-order valence-corrected chi connectivity index (χ2v) is 5.59. The van der Waals surface area contributed by atoms with Crippen molar-refractivity contribution in [1.82, 2.24) is 15.2 Å². The monoisotopic (exact) mass is 265 g/mol. The van der Waals surface area contributed by atoms with Crippen molar-refractivity contribution in [2.45, 2.75) is 39.7 Å². The molecule has 1 aromatic heterocycles. The van der Waals surface area contributed by atoms with Gasteiger partial charge in [0.2, 0.25) is 5.76 Å². The number of nitrogens with zero attached hydrogens (tertiary/aromatic N) is 2. The van der Waals surface area contributed by atoms with E-state index >= 15 is 0 Å². The van der Waals surface area contributed by atoms with Gasteiger partial charge in [-0.15, -0.1) is 0 Å². The Hall–Kier alpha value is -1.36. The molecule has 1 fully saturated rings. The second-order valence-electron chi connectivity index (χ2n) is 5.59. The highest BCUT2D eigenvalue weighted by Gasteiger charge is 2.27. The summed E-state index contributed by atoms with van der Waals surface area (Å²) in [5, 5.41) is 3.45. The molecule has 2 heterocycles. The zero-order valence-electron chi connectivity index (χ0n) is 12.0. The second kappa shape index (κ2) is 6.19. The fourth-order valence-electron chi connectivity index (χ4n) is 2.47. The van der Waals surface area contributed by atoms with Gasteiger partial charge in [0, 0.05) is 19.1 Å². The Bertz CT molecular complexity index is 428. The smallest absolute Gasteiger partial charge is 0.291 e. The van der Waals surface area contributed by atoms with Crippen molar-refractivity contribution in [3.8, 4) is 0 Å². The number of likely N-dealkylation sites (tertiary alicyclic amines) is 1. The van der Waals surface area contributed by atoms with Gasteiger partial charge < -0.3 is 14.6 Å². The third-order valence-electron chi connectivity index (χ3n) is 3.56. The predicted molar refractivity (Wildman–Crippen MR) is 73.0 cm³/mol. The molecule has 1 saturated heterocycles. The summed E-state index contributed by atoms with van der Waals surface area (Å²) in [6, 6.07) is 0.489. The van der Waals surface area contributed by atoms with E-state index in [4.69, 9.17) is 4.42 Å². The van der Waals surface area contributed by atoms with Gasteiger partial charge in [-0.3, -0.25) is 4.79 Å². The summed E-state index contributed by atoms with van der Waals surface area (Å²) in [5.41, 5.74) is 0.674. The summed E-state index contributed by atoms with van der Waals surface area (Å²) in [4.78, 5) is 18.2. The van der Waals surface area contributed by atoms with Crippen molar-refractivity contribution >= 4 is 5.91 Å². The number of piperidine rings is 1. The minimum Gasteiger partial charge on any atom is -0.438 e. The maximum atomic E-state index is 12.3. The molecule has 19 heavy (non-hydrogen) atoms. The highest BCUT2D eigenvalue weighted by atomic mass is 16.3. The van der Waals surface area contributed by atoms with Gasteiger partial charge >= 0.3 is 0 Å². The van der Waals surface area contributed by atoms with Gasteiger partial charge in [0.05, 0.1) is 5.69 Å². The number of aryl methyl sites for hydroxylation is 1. The van der Waals surface area contributed by atoms with Gasteiger partial charge in [0.1, 0.15) is 0 Å². The molecule has 0 radical (unpaired) electrons. The molecule has 5 heteroatoms. The molecule has 1 aliphatic heterocycles. The lowest BCUT2D eigenvalue weighted by Gasteiger charge is -2.32. The standard InChI is InChI=1S/C14H23N3O2/c1-10(2)15-7-12-5-4-6-17(8-12)14(18)13-11(3)16-9-19-13/h9-10,12,15H,4-8H2,1-3H3. The highest BCUT2D eigenvalue weighted by Crippen LogP contribution is 2.19. The third-order valence-corrected chi connectivity index (χ3v) is 3.56. The van der Waals surface area contributed by atoms with Gasteiger partial charge in [-0.1, -0.05) is 13.8 Å². The van der Waals surface area contributed by atoms with E-state index in [1.54, 1.807) is 6.92 Å². The number of carbonyl (C=O) groups excluding carboxylic acids is 1. The van der Waals surface area contributed by atoms with E-state index in [0.29, 0.717) is 23.4 Å². The molecule has 0 aliphatic carbocycles. The average Bonchev–Trinajstić information content (AvgIpc) is 2.82. The molecule has 0 bridgehead atoms. The summed E-state index contributed by atoms with van der Waals surface area (Å²) < 4.78 is 5.19. The molecule has 1 aliphatic rings. The minimum absolute atomic E-state index is 0.0238. The lowest BCUT2D eigenvalue weighted by Crippen LogP contribution is -2.43. The zero-order chi connectivity index (χ0) is 13.8. The molecule has 0 saturated carbocycles. The Labute approximate surface area is 114 Å². The first kappa shape index (κ1) is 14.1. The fourth-order valence-corrected chi connectivity index (χ4v) is 2.47. The SMILES string of the molecule is Cc1ncoc1C(=O)N1CCCC(CNC(C)C)C1. The molecule has 0 aromatic carbocycles. The number of hydrogen-bond acceptors (Lipinski definition) is 4. The Morgan fingerprint density at radius 2 is 2.42 bits per heavy atom. The van der Waals surface area contributed by atoms with Crippen LogP contribution in [0.15, 0.2) is 10.8 Å². The Balaban J connectivity index is 1.94. The first-order valence-electron chi connectivity index (χ1n) is 7.00. The zero-order valence-corrected chi connectivity index (χ0v) is 12.0. The van der Waals surface area contributed by atoms with Crippen LogP contribution in [-0.2, 0) is 0 Å². The molecule has 1 unspecified atom stereocenters. The van der Waals surface area contributed by atoms with Gasteiger partial charge in [-0.2, -0.15) is 0 Å². The van der Waals surface area contributed by atoms with Crippen molar-refractivity contribution in [3.63, 3.8) is 0 Å². The lowest BCUT2D eigenvalue weighted by atomic mass is 9.97. The van der Waals surface area contributed by atoms with Crippen LogP contribution in [0, 0.1) is 12.8 Å². The van der Waals surface area contributed by atoms with Crippen LogP contribution in [-0.4, -0.2) is 41.5 Å². The highest BCUT2D eigenvalue weighted by molar-refractivity contribution is 5.92. The summed E-state index contributed by atoms with van der Waals surface area (Å²) in [5.74, 6) is 0.894. The van der Waals surface area contributed by atoms with Crippen molar-refractivity contribution in [1.29, 1.82) is 0 Å². The molecular weight excluding hydrogens is 242 g/mol. The van der Waals surface area contributed by atoms with Gasteiger partial charge in [0.15, 0.2) is 6.39 Å². The Morgan fingerprint density at radius 3 is 3.05 bits per heavy atom. The van der Waals surface area contributed by atoms with Crippen LogP contribution in [0.25, 0.3) is 0 Å². The largest absolute Gasteiger partial charge is 0.438 e. The number of aromatic nitrogens is 1. The van der Waals surface area contributed by atoms with E-state index < -0.39 is 0 Å². The molecule has 1 N–H and O–H groups in total. The summed E-state index contributed by atoms with van der Waals surface area (Å²) in [7, 11) is 0. The Kier molecular flexibility index (Phi) is 4.58. The molecule has 1 atom stereocenters. The van der Waals surface area contributed by atoms with E-state index in [1.165, 1.54) is 12.8 Å². The number of oxazole rings is 1. The Morgan fingerprint density at radius 1 is 1.63 bits per heavy atom. The number of hydrogen-bond donors (Lipinski definition) is 1. The summed E-state index contributed by atoms with van der Waals surface area (Å²) in [6.07, 6.45) is 3.58. The van der Waals surface area contributed by atoms with Crippen LogP contribution in [0.4, 0.5) is 0 Å². The van der Waals surface area contributed by atoms with Gasteiger partial charge in [-0.25, -0.2) is 4.98 Å². The van der Waals surface area contributed by atoms with Crippen molar-refractivity contribution in [2.24, 2.45) is 5.92 Å². The van der Waals surface area contributed by atoms with E-state index in [0.717, 1.165) is 26.1 Å². The van der Waals surface area contributed by atoms with Crippen molar-refractivity contribution < 1.29 is 9.21 Å². The lowest BCUT2D eigenvalue weighted by molar-refractivity contribution is 0.0639. The first-order chi connectivity index (χ1) is 9.08. The van der Waals surface area contributed by atoms with Crippen LogP contribution in [0.3, 0.4) is 0 Å². The normalized spacial score (nSPS) is 20.0. The quantitative estimate of drug-likeness (QED) is 0.902. The van der Waals surface area contributed by atoms with Gasteiger partial charge in [0.25, 0.3) is 5.91 Å². The molecule has 5 nitrogen and oxygen atoms in total. The number of nitrogens with one attached hydrogen (secondary N) is 1. The summed E-state index contributed by atoms with van der Waals surface area (Å²) in [6.45, 7) is 8.68. The maximum Gasteiger partial charge on any atom is 0.291 e. The van der Waals surface area contributed by atoms with E-state index in [1.807, 2.05) is 4.90 Å². The first-order valence-corrected chi connectivity index (χ1v) is 7.00. The molecule has 1 aromatic rings. The molecule has 1 amide bonds. The van der Waals surface area contributed by atoms with E-state index in [-0.39, 0.29) is 5.91 Å². The van der Waals surface area contributed by atoms with E-state index in [9.17, 15) is 4.79 Å². The van der Waals surface area contributed by atoms with Crippen molar-refractivity contribution in [3.05, 3.63) is 17.8 Å². The third kappa shape index (κ3) is 3.56. The van der Waals surface area contributed by atoms with Crippen LogP contribution in [0.2, 0.25) is 0 Å². The molecule has 106 valence electrons. The van der Waals surface area contributed by atoms with Crippen molar-refractivity contribution in [2.75, 3.05) is 19.6 Å². The topological polar surface area (TPSA) is 58.4 Å². The molecule has 0 spiro atoms. The van der Waals surface area contributed by atoms with E-state index in [2.05, 4.69) is 24.1 Å². The maximum absolute atomic E-state index is 12.3.